The zero-order valence-electron chi connectivity index (χ0n) is 6.85. The van der Waals surface area contributed by atoms with Gasteiger partial charge in [-0.15, -0.1) is 0 Å². The van der Waals surface area contributed by atoms with E-state index >= 15 is 0 Å². The van der Waals surface area contributed by atoms with Gasteiger partial charge in [0, 0.05) is 6.61 Å². The highest BCUT2D eigenvalue weighted by atomic mass is 16.3. The van der Waals surface area contributed by atoms with Crippen molar-refractivity contribution in [3.63, 3.8) is 0 Å². The predicted octanol–water partition coefficient (Wildman–Crippen LogP) is 0.845. The molecule has 0 bridgehead atoms. The predicted molar refractivity (Wildman–Crippen MR) is 51.5 cm³/mol. The highest BCUT2D eigenvalue weighted by molar-refractivity contribution is 6.21. The molecule has 0 heterocycles. The van der Waals surface area contributed by atoms with E-state index in [1.165, 1.54) is 0 Å². The Kier molecular flexibility index (Phi) is 3.42. The highest BCUT2D eigenvalue weighted by Crippen LogP contribution is 2.22. The smallest absolute Gasteiger partial charge is 0.0758 e. The Morgan fingerprint density at radius 2 is 1.75 bits per heavy atom. The quantitative estimate of drug-likeness (QED) is 0.642. The zero-order valence-corrected chi connectivity index (χ0v) is 6.85. The molecule has 12 heavy (non-hydrogen) atoms. The number of hydrogen-bond acceptors (Lipinski definition) is 1. The second kappa shape index (κ2) is 4.36. The SMILES string of the molecule is [B]C(CO)C([B])c1ccccc1. The number of aliphatic hydroxyl groups is 1. The third-order valence-corrected chi connectivity index (χ3v) is 1.86. The fraction of sp³-hybridized carbons (Fsp3) is 0.333. The van der Waals surface area contributed by atoms with Crippen LogP contribution in [-0.4, -0.2) is 27.4 Å². The maximum atomic E-state index is 8.76. The summed E-state index contributed by atoms with van der Waals surface area (Å²) in [4.78, 5) is 0. The van der Waals surface area contributed by atoms with Crippen LogP contribution in [0.5, 0.6) is 0 Å². The van der Waals surface area contributed by atoms with Crippen LogP contribution in [-0.2, 0) is 0 Å². The summed E-state index contributed by atoms with van der Waals surface area (Å²) in [6, 6.07) is 9.53. The van der Waals surface area contributed by atoms with Crippen LogP contribution < -0.4 is 0 Å². The van der Waals surface area contributed by atoms with Gasteiger partial charge < -0.3 is 5.11 Å². The van der Waals surface area contributed by atoms with Gasteiger partial charge in [0.25, 0.3) is 0 Å². The average Bonchev–Trinajstić information content (AvgIpc) is 2.17. The molecule has 58 valence electrons. The zero-order chi connectivity index (χ0) is 8.97. The summed E-state index contributed by atoms with van der Waals surface area (Å²) in [6.45, 7) is -0.0872. The van der Waals surface area contributed by atoms with Crippen LogP contribution in [0.4, 0.5) is 0 Å². The van der Waals surface area contributed by atoms with Crippen LogP contribution in [0, 0.1) is 0 Å². The second-order valence-corrected chi connectivity index (χ2v) is 2.78. The number of benzene rings is 1. The highest BCUT2D eigenvalue weighted by Gasteiger charge is 2.11. The van der Waals surface area contributed by atoms with Crippen LogP contribution in [0.3, 0.4) is 0 Å². The van der Waals surface area contributed by atoms with Gasteiger partial charge in [-0.25, -0.2) is 0 Å². The van der Waals surface area contributed by atoms with Gasteiger partial charge in [-0.2, -0.15) is 0 Å². The van der Waals surface area contributed by atoms with Crippen molar-refractivity contribution in [3.05, 3.63) is 35.9 Å². The van der Waals surface area contributed by atoms with Crippen LogP contribution in [0.2, 0.25) is 5.82 Å². The van der Waals surface area contributed by atoms with Crippen molar-refractivity contribution in [1.29, 1.82) is 0 Å². The van der Waals surface area contributed by atoms with Gasteiger partial charge in [0.1, 0.15) is 0 Å². The van der Waals surface area contributed by atoms with Gasteiger partial charge in [-0.05, 0) is 0 Å². The van der Waals surface area contributed by atoms with E-state index < -0.39 is 0 Å². The lowest BCUT2D eigenvalue weighted by atomic mass is 9.64. The van der Waals surface area contributed by atoms with E-state index in [1.807, 2.05) is 30.3 Å². The summed E-state index contributed by atoms with van der Waals surface area (Å²) in [7, 11) is 11.3. The van der Waals surface area contributed by atoms with Crippen molar-refractivity contribution in [3.8, 4) is 0 Å². The fourth-order valence-corrected chi connectivity index (χ4v) is 1.04. The molecular formula is C9H10B2O. The van der Waals surface area contributed by atoms with Crippen molar-refractivity contribution in [2.24, 2.45) is 0 Å². The van der Waals surface area contributed by atoms with Crippen LogP contribution in [0.15, 0.2) is 30.3 Å². The molecule has 1 aromatic rings. The Morgan fingerprint density at radius 3 is 2.25 bits per heavy atom. The van der Waals surface area contributed by atoms with E-state index in [2.05, 4.69) is 0 Å². The van der Waals surface area contributed by atoms with E-state index in [1.54, 1.807) is 0 Å². The molecule has 1 nitrogen and oxygen atoms in total. The minimum Gasteiger partial charge on any atom is -0.397 e. The van der Waals surface area contributed by atoms with E-state index in [4.69, 9.17) is 20.8 Å². The lowest BCUT2D eigenvalue weighted by Crippen LogP contribution is -2.11. The number of aliphatic hydroxyl groups excluding tert-OH is 1. The maximum absolute atomic E-state index is 8.76. The van der Waals surface area contributed by atoms with Crippen molar-refractivity contribution in [2.75, 3.05) is 6.61 Å². The van der Waals surface area contributed by atoms with E-state index in [0.29, 0.717) is 0 Å². The summed E-state index contributed by atoms with van der Waals surface area (Å²) >= 11 is 0. The molecule has 0 aliphatic heterocycles. The van der Waals surface area contributed by atoms with Crippen molar-refractivity contribution < 1.29 is 5.11 Å². The molecule has 4 radical (unpaired) electrons. The number of hydrogen-bond donors (Lipinski definition) is 1. The third-order valence-electron chi connectivity index (χ3n) is 1.86. The van der Waals surface area contributed by atoms with Gasteiger partial charge >= 0.3 is 0 Å². The van der Waals surface area contributed by atoms with Crippen molar-refractivity contribution in [1.82, 2.24) is 0 Å². The first-order chi connectivity index (χ1) is 5.75. The summed E-state index contributed by atoms with van der Waals surface area (Å²) in [5, 5.41) is 8.76. The largest absolute Gasteiger partial charge is 0.397 e. The molecule has 0 aliphatic carbocycles. The first-order valence-corrected chi connectivity index (χ1v) is 3.92. The first-order valence-electron chi connectivity index (χ1n) is 3.92. The second-order valence-electron chi connectivity index (χ2n) is 2.78. The molecular weight excluding hydrogens is 146 g/mol. The van der Waals surface area contributed by atoms with E-state index in [9.17, 15) is 0 Å². The van der Waals surface area contributed by atoms with Crippen LogP contribution in [0.1, 0.15) is 11.4 Å². The minimum absolute atomic E-state index is 0.0872. The molecule has 3 heteroatoms. The lowest BCUT2D eigenvalue weighted by molar-refractivity contribution is 0.287. The van der Waals surface area contributed by atoms with Gasteiger partial charge in [0.15, 0.2) is 0 Å². The Balaban J connectivity index is 2.71. The molecule has 0 saturated carbocycles. The molecule has 2 atom stereocenters. The van der Waals surface area contributed by atoms with E-state index in [-0.39, 0.29) is 18.2 Å². The van der Waals surface area contributed by atoms with Gasteiger partial charge in [0.2, 0.25) is 0 Å². The van der Waals surface area contributed by atoms with E-state index in [0.717, 1.165) is 5.56 Å². The molecule has 1 aromatic carbocycles. The summed E-state index contributed by atoms with van der Waals surface area (Å²) in [5.74, 6) is -0.663. The van der Waals surface area contributed by atoms with Crippen LogP contribution >= 0.6 is 0 Å². The molecule has 2 unspecified atom stereocenters. The summed E-state index contributed by atoms with van der Waals surface area (Å²) < 4.78 is 0. The van der Waals surface area contributed by atoms with Gasteiger partial charge in [-0.1, -0.05) is 47.5 Å². The average molecular weight is 156 g/mol. The monoisotopic (exact) mass is 156 g/mol. The van der Waals surface area contributed by atoms with Crippen molar-refractivity contribution in [2.45, 2.75) is 11.6 Å². The topological polar surface area (TPSA) is 20.2 Å². The fourth-order valence-electron chi connectivity index (χ4n) is 1.04. The normalized spacial score (nSPS) is 15.4. The molecule has 0 amide bonds. The molecule has 1 N–H and O–H groups in total. The number of rotatable bonds is 3. The van der Waals surface area contributed by atoms with Crippen molar-refractivity contribution >= 4 is 15.7 Å². The molecule has 0 fully saturated rings. The minimum atomic E-state index is -0.382. The van der Waals surface area contributed by atoms with Gasteiger partial charge in [-0.3, -0.25) is 0 Å². The van der Waals surface area contributed by atoms with Crippen LogP contribution in [0.25, 0.3) is 0 Å². The summed E-state index contributed by atoms with van der Waals surface area (Å²) in [6.07, 6.45) is 0. The Hall–Kier alpha value is -0.690. The van der Waals surface area contributed by atoms with Gasteiger partial charge in [0.05, 0.1) is 15.7 Å². The molecule has 0 spiro atoms. The Bertz CT molecular complexity index is 225. The Morgan fingerprint density at radius 1 is 1.17 bits per heavy atom. The summed E-state index contributed by atoms with van der Waals surface area (Å²) in [5.41, 5.74) is 0.957. The molecule has 0 saturated heterocycles. The maximum Gasteiger partial charge on any atom is 0.0758 e. The molecule has 0 aliphatic rings. The standard InChI is InChI=1S/C9H10B2O/c10-8(6-12)9(11)7-4-2-1-3-5-7/h1-5,8-9,12H,6H2. The third kappa shape index (κ3) is 2.15. The molecule has 0 aromatic heterocycles. The Labute approximate surface area is 75.6 Å². The lowest BCUT2D eigenvalue weighted by Gasteiger charge is -2.18. The first kappa shape index (κ1) is 9.40. The molecule has 1 rings (SSSR count).